The zero-order valence-corrected chi connectivity index (χ0v) is 11.5. The summed E-state index contributed by atoms with van der Waals surface area (Å²) in [5.74, 6) is 0.337. The molecule has 2 N–H and O–H groups in total. The van der Waals surface area contributed by atoms with E-state index in [2.05, 4.69) is 5.32 Å². The van der Waals surface area contributed by atoms with E-state index in [-0.39, 0.29) is 23.7 Å². The maximum absolute atomic E-state index is 11.9. The van der Waals surface area contributed by atoms with Crippen molar-refractivity contribution in [1.29, 1.82) is 0 Å². The molecular weight excluding hydrogens is 228 g/mol. The molecule has 0 aliphatic carbocycles. The fourth-order valence-electron chi connectivity index (χ4n) is 1.79. The van der Waals surface area contributed by atoms with Crippen LogP contribution < -0.4 is 5.32 Å². The average molecular weight is 250 g/mol. The number of nitrogens with one attached hydrogen (secondary N) is 1. The summed E-state index contributed by atoms with van der Waals surface area (Å²) >= 11 is 0. The maximum Gasteiger partial charge on any atom is 0.239 e. The lowest BCUT2D eigenvalue weighted by molar-refractivity contribution is -0.131. The van der Waals surface area contributed by atoms with Gasteiger partial charge >= 0.3 is 0 Å². The van der Waals surface area contributed by atoms with Gasteiger partial charge in [0.1, 0.15) is 5.75 Å². The smallest absolute Gasteiger partial charge is 0.239 e. The van der Waals surface area contributed by atoms with Crippen molar-refractivity contribution in [2.45, 2.75) is 32.9 Å². The highest BCUT2D eigenvalue weighted by Gasteiger charge is 2.18. The summed E-state index contributed by atoms with van der Waals surface area (Å²) in [4.78, 5) is 13.6. The Labute approximate surface area is 109 Å². The van der Waals surface area contributed by atoms with E-state index in [0.717, 1.165) is 5.56 Å². The Balaban J connectivity index is 2.61. The van der Waals surface area contributed by atoms with Crippen LogP contribution in [0.3, 0.4) is 0 Å². The number of amides is 1. The van der Waals surface area contributed by atoms with Gasteiger partial charge < -0.3 is 10.0 Å². The van der Waals surface area contributed by atoms with Crippen molar-refractivity contribution in [3.8, 4) is 5.75 Å². The second kappa shape index (κ2) is 6.40. The first-order valence-corrected chi connectivity index (χ1v) is 6.25. The van der Waals surface area contributed by atoms with Crippen LogP contribution >= 0.6 is 0 Å². The lowest BCUT2D eigenvalue weighted by Crippen LogP contribution is -2.43. The van der Waals surface area contributed by atoms with Gasteiger partial charge in [0.2, 0.25) is 5.91 Å². The van der Waals surface area contributed by atoms with Gasteiger partial charge in [-0.25, -0.2) is 0 Å². The molecule has 1 aromatic carbocycles. The number of nitrogens with zero attached hydrogens (tertiary/aromatic N) is 1. The van der Waals surface area contributed by atoms with E-state index >= 15 is 0 Å². The highest BCUT2D eigenvalue weighted by molar-refractivity contribution is 5.81. The van der Waals surface area contributed by atoms with Crippen LogP contribution in [0.5, 0.6) is 5.75 Å². The third-order valence-electron chi connectivity index (χ3n) is 3.11. The first kappa shape index (κ1) is 14.5. The SMILES string of the molecule is CCN(C)C(=O)C(C)NC(C)c1ccc(O)cc1. The van der Waals surface area contributed by atoms with Gasteiger partial charge in [0.05, 0.1) is 6.04 Å². The van der Waals surface area contributed by atoms with Crippen LogP contribution in [0.25, 0.3) is 0 Å². The summed E-state index contributed by atoms with van der Waals surface area (Å²) in [6.45, 7) is 6.53. The minimum atomic E-state index is -0.223. The van der Waals surface area contributed by atoms with Gasteiger partial charge in [0, 0.05) is 19.6 Å². The topological polar surface area (TPSA) is 52.6 Å². The standard InChI is InChI=1S/C14H22N2O2/c1-5-16(4)14(18)11(3)15-10(2)12-6-8-13(17)9-7-12/h6-11,15,17H,5H2,1-4H3. The molecule has 0 spiro atoms. The Morgan fingerprint density at radius 1 is 1.33 bits per heavy atom. The zero-order valence-electron chi connectivity index (χ0n) is 11.5. The van der Waals surface area contributed by atoms with Crippen molar-refractivity contribution in [1.82, 2.24) is 10.2 Å². The quantitative estimate of drug-likeness (QED) is 0.839. The molecule has 4 nitrogen and oxygen atoms in total. The normalized spacial score (nSPS) is 14.0. The molecule has 0 heterocycles. The Kier molecular flexibility index (Phi) is 5.16. The molecule has 0 aliphatic rings. The molecular formula is C14H22N2O2. The van der Waals surface area contributed by atoms with E-state index < -0.39 is 0 Å². The number of phenols is 1. The van der Waals surface area contributed by atoms with E-state index in [1.165, 1.54) is 0 Å². The second-order valence-corrected chi connectivity index (χ2v) is 4.55. The second-order valence-electron chi connectivity index (χ2n) is 4.55. The maximum atomic E-state index is 11.9. The summed E-state index contributed by atoms with van der Waals surface area (Å²) in [5, 5.41) is 12.5. The monoisotopic (exact) mass is 250 g/mol. The molecule has 4 heteroatoms. The lowest BCUT2D eigenvalue weighted by atomic mass is 10.1. The first-order chi connectivity index (χ1) is 8.45. The third kappa shape index (κ3) is 3.74. The van der Waals surface area contributed by atoms with E-state index in [1.54, 1.807) is 24.1 Å². The number of carbonyl (C=O) groups excluding carboxylic acids is 1. The molecule has 1 aromatic rings. The van der Waals surface area contributed by atoms with E-state index in [0.29, 0.717) is 6.54 Å². The van der Waals surface area contributed by atoms with Crippen LogP contribution in [-0.2, 0) is 4.79 Å². The molecule has 2 unspecified atom stereocenters. The van der Waals surface area contributed by atoms with Crippen molar-refractivity contribution in [2.75, 3.05) is 13.6 Å². The molecule has 2 atom stereocenters. The summed E-state index contributed by atoms with van der Waals surface area (Å²) in [6, 6.07) is 6.85. The number of aromatic hydroxyl groups is 1. The number of rotatable bonds is 5. The van der Waals surface area contributed by atoms with Gasteiger partial charge in [-0.05, 0) is 38.5 Å². The van der Waals surface area contributed by atoms with E-state index in [9.17, 15) is 9.90 Å². The number of carbonyl (C=O) groups is 1. The highest BCUT2D eigenvalue weighted by atomic mass is 16.3. The molecule has 1 amide bonds. The van der Waals surface area contributed by atoms with Gasteiger partial charge in [0.15, 0.2) is 0 Å². The van der Waals surface area contributed by atoms with Crippen LogP contribution in [0.4, 0.5) is 0 Å². The van der Waals surface area contributed by atoms with Crippen LogP contribution in [0, 0.1) is 0 Å². The molecule has 0 bridgehead atoms. The Morgan fingerprint density at radius 2 is 1.89 bits per heavy atom. The molecule has 0 saturated heterocycles. The first-order valence-electron chi connectivity index (χ1n) is 6.25. The molecule has 0 fully saturated rings. The van der Waals surface area contributed by atoms with Gasteiger partial charge in [-0.3, -0.25) is 10.1 Å². The van der Waals surface area contributed by atoms with Crippen LogP contribution in [-0.4, -0.2) is 35.5 Å². The molecule has 100 valence electrons. The van der Waals surface area contributed by atoms with Crippen molar-refractivity contribution >= 4 is 5.91 Å². The fraction of sp³-hybridized carbons (Fsp3) is 0.500. The summed E-state index contributed by atoms with van der Waals surface area (Å²) in [7, 11) is 1.80. The van der Waals surface area contributed by atoms with Crippen molar-refractivity contribution < 1.29 is 9.90 Å². The Morgan fingerprint density at radius 3 is 2.39 bits per heavy atom. The molecule has 18 heavy (non-hydrogen) atoms. The molecule has 0 aliphatic heterocycles. The molecule has 1 rings (SSSR count). The highest BCUT2D eigenvalue weighted by Crippen LogP contribution is 2.16. The van der Waals surface area contributed by atoms with Crippen LogP contribution in [0.2, 0.25) is 0 Å². The van der Waals surface area contributed by atoms with Crippen LogP contribution in [0.1, 0.15) is 32.4 Å². The predicted octanol–water partition coefficient (Wildman–Crippen LogP) is 1.91. The number of likely N-dealkylation sites (N-methyl/N-ethyl adjacent to an activating group) is 1. The molecule has 0 aromatic heterocycles. The molecule has 0 saturated carbocycles. The van der Waals surface area contributed by atoms with Crippen molar-refractivity contribution in [2.24, 2.45) is 0 Å². The summed E-state index contributed by atoms with van der Waals surface area (Å²) in [5.41, 5.74) is 1.05. The number of benzene rings is 1. The number of hydrogen-bond acceptors (Lipinski definition) is 3. The number of phenolic OH excluding ortho intramolecular Hbond substituents is 1. The summed E-state index contributed by atoms with van der Waals surface area (Å²) in [6.07, 6.45) is 0. The van der Waals surface area contributed by atoms with Gasteiger partial charge in [-0.1, -0.05) is 12.1 Å². The number of hydrogen-bond donors (Lipinski definition) is 2. The minimum Gasteiger partial charge on any atom is -0.508 e. The minimum absolute atomic E-state index is 0.0646. The Bertz CT molecular complexity index is 389. The van der Waals surface area contributed by atoms with Gasteiger partial charge in [-0.2, -0.15) is 0 Å². The largest absolute Gasteiger partial charge is 0.508 e. The third-order valence-corrected chi connectivity index (χ3v) is 3.11. The van der Waals surface area contributed by atoms with Gasteiger partial charge in [0.25, 0.3) is 0 Å². The lowest BCUT2D eigenvalue weighted by Gasteiger charge is -2.24. The van der Waals surface area contributed by atoms with E-state index in [1.807, 2.05) is 32.9 Å². The van der Waals surface area contributed by atoms with Crippen molar-refractivity contribution in [3.05, 3.63) is 29.8 Å². The van der Waals surface area contributed by atoms with Crippen molar-refractivity contribution in [3.63, 3.8) is 0 Å². The zero-order chi connectivity index (χ0) is 13.7. The average Bonchev–Trinajstić information content (AvgIpc) is 2.37. The molecule has 0 radical (unpaired) electrons. The summed E-state index contributed by atoms with van der Waals surface area (Å²) < 4.78 is 0. The fourth-order valence-corrected chi connectivity index (χ4v) is 1.79. The predicted molar refractivity (Wildman–Crippen MR) is 72.4 cm³/mol. The van der Waals surface area contributed by atoms with E-state index in [4.69, 9.17) is 0 Å². The Hall–Kier alpha value is -1.55. The van der Waals surface area contributed by atoms with Crippen LogP contribution in [0.15, 0.2) is 24.3 Å². The van der Waals surface area contributed by atoms with Gasteiger partial charge in [-0.15, -0.1) is 0 Å².